The largest absolute Gasteiger partial charge is 0.385 e. The fourth-order valence-corrected chi connectivity index (χ4v) is 6.81. The normalized spacial score (nSPS) is 30.2. The van der Waals surface area contributed by atoms with Gasteiger partial charge in [0.05, 0.1) is 6.20 Å². The number of nitrogens with zero attached hydrogens (tertiary/aromatic N) is 4. The van der Waals surface area contributed by atoms with Crippen LogP contribution in [-0.4, -0.2) is 56.7 Å². The van der Waals surface area contributed by atoms with Crippen molar-refractivity contribution in [2.24, 2.45) is 17.8 Å². The molecule has 0 aromatic carbocycles. The van der Waals surface area contributed by atoms with Crippen molar-refractivity contribution in [1.29, 1.82) is 0 Å². The summed E-state index contributed by atoms with van der Waals surface area (Å²) < 4.78 is 8.71. The zero-order valence-corrected chi connectivity index (χ0v) is 19.5. The molecule has 2 N–H and O–H groups in total. The van der Waals surface area contributed by atoms with Gasteiger partial charge in [-0.05, 0) is 68.8 Å². The summed E-state index contributed by atoms with van der Waals surface area (Å²) in [6, 6.07) is 1.96. The molecule has 3 aliphatic rings. The van der Waals surface area contributed by atoms with Crippen LogP contribution in [0, 0.1) is 17.8 Å². The van der Waals surface area contributed by atoms with E-state index in [2.05, 4.69) is 20.8 Å². The Kier molecular flexibility index (Phi) is 5.99. The number of carbonyl (C=O) groups excluding carboxylic acids is 2. The molecule has 0 radical (unpaired) electrons. The maximum atomic E-state index is 13.5. The van der Waals surface area contributed by atoms with Crippen LogP contribution in [0.15, 0.2) is 24.7 Å². The summed E-state index contributed by atoms with van der Waals surface area (Å²) in [6.45, 7) is 2.89. The molecule has 2 aromatic rings. The molecule has 0 spiro atoms. The SMILES string of the molecule is COCCCn1ncc(C(=O)N[C@H]2CCC3CC4C[C@@](NC(C)=O)(C3)CC42)c1-n1cccn1. The van der Waals surface area contributed by atoms with Crippen LogP contribution in [0.25, 0.3) is 5.82 Å². The number of ether oxygens (including phenoxy) is 1. The summed E-state index contributed by atoms with van der Waals surface area (Å²) in [5.41, 5.74) is 0.455. The molecule has 9 heteroatoms. The van der Waals surface area contributed by atoms with Crippen LogP contribution < -0.4 is 10.6 Å². The van der Waals surface area contributed by atoms with E-state index in [-0.39, 0.29) is 23.4 Å². The lowest BCUT2D eigenvalue weighted by molar-refractivity contribution is -0.121. The van der Waals surface area contributed by atoms with Crippen molar-refractivity contribution in [1.82, 2.24) is 30.2 Å². The van der Waals surface area contributed by atoms with Gasteiger partial charge in [-0.15, -0.1) is 0 Å². The van der Waals surface area contributed by atoms with Gasteiger partial charge in [0.1, 0.15) is 5.56 Å². The first-order valence-electron chi connectivity index (χ1n) is 12.1. The van der Waals surface area contributed by atoms with Crippen molar-refractivity contribution in [3.8, 4) is 5.82 Å². The zero-order valence-electron chi connectivity index (χ0n) is 19.5. The van der Waals surface area contributed by atoms with Crippen molar-refractivity contribution in [3.63, 3.8) is 0 Å². The number of rotatable bonds is 8. The van der Waals surface area contributed by atoms with E-state index in [1.54, 1.807) is 31.1 Å². The summed E-state index contributed by atoms with van der Waals surface area (Å²) in [5.74, 6) is 2.23. The van der Waals surface area contributed by atoms with E-state index in [1.165, 1.54) is 6.42 Å². The molecule has 3 fully saturated rings. The molecule has 3 unspecified atom stereocenters. The van der Waals surface area contributed by atoms with E-state index in [0.717, 1.165) is 38.5 Å². The van der Waals surface area contributed by atoms with Crippen molar-refractivity contribution in [2.45, 2.75) is 70.0 Å². The molecule has 2 aromatic heterocycles. The van der Waals surface area contributed by atoms with Crippen LogP contribution in [-0.2, 0) is 16.1 Å². The van der Waals surface area contributed by atoms with Crippen molar-refractivity contribution < 1.29 is 14.3 Å². The Morgan fingerprint density at radius 3 is 2.88 bits per heavy atom. The van der Waals surface area contributed by atoms with Crippen LogP contribution in [0.2, 0.25) is 0 Å². The number of hydrogen-bond donors (Lipinski definition) is 2. The fraction of sp³-hybridized carbons (Fsp3) is 0.667. The minimum atomic E-state index is -0.0988. The van der Waals surface area contributed by atoms with Crippen molar-refractivity contribution in [3.05, 3.63) is 30.2 Å². The van der Waals surface area contributed by atoms with E-state index in [9.17, 15) is 9.59 Å². The number of aromatic nitrogens is 4. The van der Waals surface area contributed by atoms with Crippen LogP contribution in [0.3, 0.4) is 0 Å². The van der Waals surface area contributed by atoms with E-state index in [0.29, 0.717) is 42.3 Å². The highest BCUT2D eigenvalue weighted by atomic mass is 16.5. The van der Waals surface area contributed by atoms with E-state index < -0.39 is 0 Å². The van der Waals surface area contributed by atoms with Gasteiger partial charge in [-0.1, -0.05) is 0 Å². The van der Waals surface area contributed by atoms with Gasteiger partial charge in [-0.2, -0.15) is 10.2 Å². The summed E-state index contributed by atoms with van der Waals surface area (Å²) in [6.07, 6.45) is 12.4. The predicted molar refractivity (Wildman–Crippen MR) is 122 cm³/mol. The molecule has 3 saturated carbocycles. The Hall–Kier alpha value is -2.68. The van der Waals surface area contributed by atoms with E-state index in [1.807, 2.05) is 16.9 Å². The second kappa shape index (κ2) is 8.93. The van der Waals surface area contributed by atoms with Gasteiger partial charge in [-0.25, -0.2) is 9.36 Å². The molecule has 3 bridgehead atoms. The maximum Gasteiger partial charge on any atom is 0.256 e. The van der Waals surface area contributed by atoms with E-state index in [4.69, 9.17) is 4.74 Å². The first-order chi connectivity index (χ1) is 16.0. The van der Waals surface area contributed by atoms with Crippen LogP contribution in [0.1, 0.15) is 62.2 Å². The molecule has 2 heterocycles. The van der Waals surface area contributed by atoms with Crippen LogP contribution in [0.4, 0.5) is 0 Å². The molecule has 2 amide bonds. The number of methoxy groups -OCH3 is 1. The molecule has 0 saturated heterocycles. The summed E-state index contributed by atoms with van der Waals surface area (Å²) >= 11 is 0. The summed E-state index contributed by atoms with van der Waals surface area (Å²) in [4.78, 5) is 25.4. The lowest BCUT2D eigenvalue weighted by Gasteiger charge is -2.38. The van der Waals surface area contributed by atoms with Gasteiger partial charge in [-0.3, -0.25) is 9.59 Å². The Bertz CT molecular complexity index is 1000. The number of carbonyl (C=O) groups is 2. The third-order valence-corrected chi connectivity index (χ3v) is 7.86. The summed E-state index contributed by atoms with van der Waals surface area (Å²) in [5, 5.41) is 15.5. The minimum Gasteiger partial charge on any atom is -0.385 e. The molecule has 5 atom stereocenters. The quantitative estimate of drug-likeness (QED) is 0.596. The fourth-order valence-electron chi connectivity index (χ4n) is 6.81. The Morgan fingerprint density at radius 2 is 2.12 bits per heavy atom. The van der Waals surface area contributed by atoms with Gasteiger partial charge >= 0.3 is 0 Å². The molecular formula is C24H34N6O3. The molecule has 3 aliphatic carbocycles. The third kappa shape index (κ3) is 4.30. The number of hydrogen-bond acceptors (Lipinski definition) is 5. The molecular weight excluding hydrogens is 420 g/mol. The second-order valence-electron chi connectivity index (χ2n) is 10.2. The Morgan fingerprint density at radius 1 is 1.24 bits per heavy atom. The highest BCUT2D eigenvalue weighted by Crippen LogP contribution is 2.55. The van der Waals surface area contributed by atoms with Crippen molar-refractivity contribution >= 4 is 11.8 Å². The number of amides is 2. The number of aryl methyl sites for hydroxylation is 1. The molecule has 5 rings (SSSR count). The second-order valence-corrected chi connectivity index (χ2v) is 10.2. The Balaban J connectivity index is 1.36. The van der Waals surface area contributed by atoms with Gasteiger partial charge < -0.3 is 15.4 Å². The minimum absolute atomic E-state index is 0.0564. The molecule has 9 nitrogen and oxygen atoms in total. The first-order valence-corrected chi connectivity index (χ1v) is 12.1. The average molecular weight is 455 g/mol. The highest BCUT2D eigenvalue weighted by Gasteiger charge is 2.54. The number of nitrogens with one attached hydrogen (secondary N) is 2. The van der Waals surface area contributed by atoms with Gasteiger partial charge in [0.25, 0.3) is 5.91 Å². The molecule has 0 aliphatic heterocycles. The zero-order chi connectivity index (χ0) is 23.0. The van der Waals surface area contributed by atoms with E-state index >= 15 is 0 Å². The standard InChI is InChI=1S/C24H34N6O3/c1-16(31)28-24-12-17-5-6-21(19(14-24)18(11-17)13-24)27-22(32)20-15-26-30(9-4-10-33-2)23(20)29-8-3-7-25-29/h3,7-8,15,17-19,21H,4-6,9-14H2,1-2H3,(H,27,32)(H,28,31)/t17?,18?,19?,21-,24-/m0/s1. The lowest BCUT2D eigenvalue weighted by Crippen LogP contribution is -2.50. The average Bonchev–Trinajstić information content (AvgIpc) is 3.47. The third-order valence-electron chi connectivity index (χ3n) is 7.86. The van der Waals surface area contributed by atoms with Crippen LogP contribution >= 0.6 is 0 Å². The molecule has 33 heavy (non-hydrogen) atoms. The first kappa shape index (κ1) is 22.1. The van der Waals surface area contributed by atoms with Gasteiger partial charge in [0, 0.05) is 51.2 Å². The topological polar surface area (TPSA) is 103 Å². The predicted octanol–water partition coefficient (Wildman–Crippen LogP) is 2.31. The Labute approximate surface area is 194 Å². The monoisotopic (exact) mass is 454 g/mol. The maximum absolute atomic E-state index is 13.5. The molecule has 178 valence electrons. The highest BCUT2D eigenvalue weighted by molar-refractivity contribution is 5.97. The van der Waals surface area contributed by atoms with Crippen LogP contribution in [0.5, 0.6) is 0 Å². The van der Waals surface area contributed by atoms with Gasteiger partial charge in [0.15, 0.2) is 5.82 Å². The van der Waals surface area contributed by atoms with Crippen molar-refractivity contribution in [2.75, 3.05) is 13.7 Å². The lowest BCUT2D eigenvalue weighted by atomic mass is 9.75. The number of fused-ring (bicyclic) bond motifs is 2. The van der Waals surface area contributed by atoms with Gasteiger partial charge in [0.2, 0.25) is 5.91 Å². The smallest absolute Gasteiger partial charge is 0.256 e. The summed E-state index contributed by atoms with van der Waals surface area (Å²) in [7, 11) is 1.68.